The number of ether oxygens (including phenoxy) is 1. The molecule has 2 atom stereocenters. The number of hydrogen-bond donors (Lipinski definition) is 1. The van der Waals surface area contributed by atoms with Crippen molar-refractivity contribution in [1.82, 2.24) is 10.2 Å². The van der Waals surface area contributed by atoms with Crippen molar-refractivity contribution in [3.05, 3.63) is 35.8 Å². The van der Waals surface area contributed by atoms with Gasteiger partial charge < -0.3 is 19.4 Å². The normalized spacial score (nSPS) is 24.7. The predicted octanol–water partition coefficient (Wildman–Crippen LogP) is 3.38. The quantitative estimate of drug-likeness (QED) is 0.868. The van der Waals surface area contributed by atoms with Gasteiger partial charge in [0.25, 0.3) is 0 Å². The summed E-state index contributed by atoms with van der Waals surface area (Å²) in [5.74, 6) is 1.67. The predicted molar refractivity (Wildman–Crippen MR) is 83.4 cm³/mol. The van der Waals surface area contributed by atoms with Gasteiger partial charge in [-0.05, 0) is 44.2 Å². The molecule has 2 amide bonds. The fraction of sp³-hybridized carbons (Fsp3) is 0.588. The van der Waals surface area contributed by atoms with E-state index in [1.54, 1.807) is 7.11 Å². The minimum atomic E-state index is 0.0347. The molecule has 1 saturated heterocycles. The maximum absolute atomic E-state index is 12.6. The topological polar surface area (TPSA) is 54.7 Å². The van der Waals surface area contributed by atoms with Crippen molar-refractivity contribution in [3.8, 4) is 0 Å². The third-order valence-corrected chi connectivity index (χ3v) is 4.41. The summed E-state index contributed by atoms with van der Waals surface area (Å²) in [6.07, 6.45) is 9.32. The molecule has 0 saturated carbocycles. The van der Waals surface area contributed by atoms with E-state index in [-0.39, 0.29) is 18.1 Å². The lowest BCUT2D eigenvalue weighted by molar-refractivity contribution is 0.155. The number of furan rings is 1. The number of likely N-dealkylation sites (tertiary alicyclic amines) is 1. The molecule has 1 aliphatic heterocycles. The summed E-state index contributed by atoms with van der Waals surface area (Å²) in [5, 5.41) is 3.16. The maximum Gasteiger partial charge on any atom is 0.318 e. The van der Waals surface area contributed by atoms with E-state index in [9.17, 15) is 4.79 Å². The van der Waals surface area contributed by atoms with Crippen LogP contribution in [-0.4, -0.2) is 30.6 Å². The van der Waals surface area contributed by atoms with Gasteiger partial charge in [-0.3, -0.25) is 0 Å². The van der Waals surface area contributed by atoms with Crippen LogP contribution < -0.4 is 5.32 Å². The van der Waals surface area contributed by atoms with E-state index in [1.165, 1.54) is 0 Å². The van der Waals surface area contributed by atoms with Crippen LogP contribution in [0.4, 0.5) is 4.79 Å². The highest BCUT2D eigenvalue weighted by Gasteiger charge is 2.33. The Morgan fingerprint density at radius 2 is 2.32 bits per heavy atom. The Kier molecular flexibility index (Phi) is 4.83. The molecule has 1 aliphatic carbocycles. The van der Waals surface area contributed by atoms with Crippen molar-refractivity contribution >= 4 is 6.03 Å². The van der Waals surface area contributed by atoms with Crippen LogP contribution in [0.3, 0.4) is 0 Å². The maximum atomic E-state index is 12.6. The SMILES string of the molecule is COCc1ccc([C@@H]2CCCN2C(=O)N[C@H]2CC=CCC2)o1. The van der Waals surface area contributed by atoms with Crippen molar-refractivity contribution in [3.63, 3.8) is 0 Å². The number of carbonyl (C=O) groups is 1. The van der Waals surface area contributed by atoms with Crippen LogP contribution in [0.1, 0.15) is 49.7 Å². The van der Waals surface area contributed by atoms with Crippen molar-refractivity contribution < 1.29 is 13.9 Å². The number of rotatable bonds is 4. The Morgan fingerprint density at radius 1 is 1.41 bits per heavy atom. The number of carbonyl (C=O) groups excluding carboxylic acids is 1. The summed E-state index contributed by atoms with van der Waals surface area (Å²) in [5.41, 5.74) is 0. The van der Waals surface area contributed by atoms with E-state index in [4.69, 9.17) is 9.15 Å². The Morgan fingerprint density at radius 3 is 3.09 bits per heavy atom. The van der Waals surface area contributed by atoms with E-state index in [1.807, 2.05) is 17.0 Å². The standard InChI is InChI=1S/C17H24N2O3/c1-21-12-14-9-10-16(22-14)15-8-5-11-19(15)17(20)18-13-6-3-2-4-7-13/h2-3,9-10,13,15H,4-8,11-12H2,1H3,(H,18,20)/t13-,15-/m0/s1. The number of nitrogens with one attached hydrogen (secondary N) is 1. The van der Waals surface area contributed by atoms with Crippen LogP contribution >= 0.6 is 0 Å². The van der Waals surface area contributed by atoms with Crippen LogP contribution in [0.25, 0.3) is 0 Å². The van der Waals surface area contributed by atoms with Gasteiger partial charge >= 0.3 is 6.03 Å². The molecule has 120 valence electrons. The summed E-state index contributed by atoms with van der Waals surface area (Å²) in [7, 11) is 1.65. The largest absolute Gasteiger partial charge is 0.461 e. The van der Waals surface area contributed by atoms with E-state index in [0.29, 0.717) is 6.61 Å². The molecule has 0 bridgehead atoms. The Labute approximate surface area is 131 Å². The molecule has 2 aliphatic rings. The lowest BCUT2D eigenvalue weighted by Gasteiger charge is -2.27. The Bertz CT molecular complexity index is 538. The van der Waals surface area contributed by atoms with E-state index < -0.39 is 0 Å². The minimum Gasteiger partial charge on any atom is -0.461 e. The number of urea groups is 1. The van der Waals surface area contributed by atoms with Crippen LogP contribution in [0.2, 0.25) is 0 Å². The number of allylic oxidation sites excluding steroid dienone is 1. The van der Waals surface area contributed by atoms with Gasteiger partial charge in [-0.2, -0.15) is 0 Å². The fourth-order valence-electron chi connectivity index (χ4n) is 3.28. The zero-order chi connectivity index (χ0) is 15.4. The van der Waals surface area contributed by atoms with Crippen molar-refractivity contribution in [2.45, 2.75) is 50.8 Å². The molecule has 1 N–H and O–H groups in total. The van der Waals surface area contributed by atoms with Crippen LogP contribution in [-0.2, 0) is 11.3 Å². The third kappa shape index (κ3) is 3.35. The highest BCUT2D eigenvalue weighted by molar-refractivity contribution is 5.75. The molecule has 1 fully saturated rings. The van der Waals surface area contributed by atoms with Gasteiger partial charge in [0.1, 0.15) is 18.1 Å². The molecule has 0 spiro atoms. The summed E-state index contributed by atoms with van der Waals surface area (Å²) < 4.78 is 10.9. The van der Waals surface area contributed by atoms with Crippen LogP contribution in [0, 0.1) is 0 Å². The zero-order valence-corrected chi connectivity index (χ0v) is 13.1. The first-order valence-corrected chi connectivity index (χ1v) is 8.07. The first-order chi connectivity index (χ1) is 10.8. The van der Waals surface area contributed by atoms with E-state index in [0.717, 1.165) is 50.2 Å². The second-order valence-corrected chi connectivity index (χ2v) is 6.02. The van der Waals surface area contributed by atoms with Gasteiger partial charge in [-0.1, -0.05) is 12.2 Å². The number of amides is 2. The molecule has 2 heterocycles. The molecule has 0 aromatic carbocycles. The summed E-state index contributed by atoms with van der Waals surface area (Å²) in [6.45, 7) is 1.26. The second-order valence-electron chi connectivity index (χ2n) is 6.02. The lowest BCUT2D eigenvalue weighted by atomic mass is 10.0. The van der Waals surface area contributed by atoms with Gasteiger partial charge in [-0.25, -0.2) is 4.79 Å². The van der Waals surface area contributed by atoms with Gasteiger partial charge in [0.2, 0.25) is 0 Å². The molecule has 0 radical (unpaired) electrons. The number of methoxy groups -OCH3 is 1. The molecular weight excluding hydrogens is 280 g/mol. The van der Waals surface area contributed by atoms with E-state index >= 15 is 0 Å². The fourth-order valence-corrected chi connectivity index (χ4v) is 3.28. The van der Waals surface area contributed by atoms with Crippen molar-refractivity contribution in [2.24, 2.45) is 0 Å². The number of hydrogen-bond acceptors (Lipinski definition) is 3. The average molecular weight is 304 g/mol. The van der Waals surface area contributed by atoms with E-state index in [2.05, 4.69) is 17.5 Å². The average Bonchev–Trinajstić information content (AvgIpc) is 3.17. The first-order valence-electron chi connectivity index (χ1n) is 8.07. The lowest BCUT2D eigenvalue weighted by Crippen LogP contribution is -2.44. The molecule has 1 aromatic rings. The summed E-state index contributed by atoms with van der Waals surface area (Å²) in [4.78, 5) is 14.5. The molecule has 3 rings (SSSR count). The molecule has 0 unspecified atom stereocenters. The van der Waals surface area contributed by atoms with Crippen molar-refractivity contribution in [1.29, 1.82) is 0 Å². The number of nitrogens with zero attached hydrogens (tertiary/aromatic N) is 1. The Hall–Kier alpha value is -1.75. The molecule has 5 heteroatoms. The third-order valence-electron chi connectivity index (χ3n) is 4.41. The highest BCUT2D eigenvalue weighted by atomic mass is 16.5. The van der Waals surface area contributed by atoms with Gasteiger partial charge in [0, 0.05) is 19.7 Å². The molecule has 22 heavy (non-hydrogen) atoms. The highest BCUT2D eigenvalue weighted by Crippen LogP contribution is 2.33. The van der Waals surface area contributed by atoms with Crippen LogP contribution in [0.5, 0.6) is 0 Å². The van der Waals surface area contributed by atoms with Gasteiger partial charge in [0.05, 0.1) is 6.04 Å². The Balaban J connectivity index is 1.63. The first kappa shape index (κ1) is 15.2. The second kappa shape index (κ2) is 7.01. The summed E-state index contributed by atoms with van der Waals surface area (Å²) >= 11 is 0. The minimum absolute atomic E-state index is 0.0347. The molecule has 1 aromatic heterocycles. The monoisotopic (exact) mass is 304 g/mol. The van der Waals surface area contributed by atoms with Crippen LogP contribution in [0.15, 0.2) is 28.7 Å². The molecular formula is C17H24N2O3. The van der Waals surface area contributed by atoms with Gasteiger partial charge in [0.15, 0.2) is 0 Å². The smallest absolute Gasteiger partial charge is 0.318 e. The summed E-state index contributed by atoms with van der Waals surface area (Å²) in [6, 6.07) is 4.24. The van der Waals surface area contributed by atoms with Gasteiger partial charge in [-0.15, -0.1) is 0 Å². The van der Waals surface area contributed by atoms with Crippen molar-refractivity contribution in [2.75, 3.05) is 13.7 Å². The zero-order valence-electron chi connectivity index (χ0n) is 13.1. The molecule has 5 nitrogen and oxygen atoms in total.